The molecule has 17 heavy (non-hydrogen) atoms. The summed E-state index contributed by atoms with van der Waals surface area (Å²) in [5.41, 5.74) is 2.35. The van der Waals surface area contributed by atoms with E-state index in [0.717, 1.165) is 18.0 Å². The Labute approximate surface area is 103 Å². The van der Waals surface area contributed by atoms with Gasteiger partial charge in [0.15, 0.2) is 0 Å². The summed E-state index contributed by atoms with van der Waals surface area (Å²) >= 11 is 0. The molecule has 4 heteroatoms. The number of aryl methyl sites for hydroxylation is 2. The molecule has 0 saturated heterocycles. The standard InChI is InChI=1S/C13H23N3O/c1-9-7-11(16(3)15-9)8-12(14-2)13(17-4)10-5-6-10/h7,10,12-14H,5-6,8H2,1-4H3. The van der Waals surface area contributed by atoms with Crippen LogP contribution >= 0.6 is 0 Å². The summed E-state index contributed by atoms with van der Waals surface area (Å²) in [5, 5.41) is 7.79. The second-order valence-electron chi connectivity index (χ2n) is 5.04. The Bertz CT molecular complexity index is 371. The van der Waals surface area contributed by atoms with Crippen molar-refractivity contribution in [3.8, 4) is 0 Å². The van der Waals surface area contributed by atoms with Crippen LogP contribution in [0, 0.1) is 12.8 Å². The van der Waals surface area contributed by atoms with Gasteiger partial charge in [-0.1, -0.05) is 0 Å². The molecule has 1 fully saturated rings. The van der Waals surface area contributed by atoms with Crippen molar-refractivity contribution in [3.05, 3.63) is 17.5 Å². The van der Waals surface area contributed by atoms with E-state index in [1.165, 1.54) is 18.5 Å². The van der Waals surface area contributed by atoms with Crippen LogP contribution in [-0.2, 0) is 18.2 Å². The van der Waals surface area contributed by atoms with E-state index in [0.29, 0.717) is 12.1 Å². The molecule has 0 radical (unpaired) electrons. The van der Waals surface area contributed by atoms with Gasteiger partial charge in [-0.25, -0.2) is 0 Å². The van der Waals surface area contributed by atoms with Crippen LogP contribution < -0.4 is 5.32 Å². The van der Waals surface area contributed by atoms with Crippen LogP contribution in [-0.4, -0.2) is 36.1 Å². The van der Waals surface area contributed by atoms with Crippen LogP contribution in [0.3, 0.4) is 0 Å². The van der Waals surface area contributed by atoms with Gasteiger partial charge in [-0.15, -0.1) is 0 Å². The molecule has 2 atom stereocenters. The lowest BCUT2D eigenvalue weighted by Gasteiger charge is -2.25. The van der Waals surface area contributed by atoms with E-state index < -0.39 is 0 Å². The van der Waals surface area contributed by atoms with Crippen LogP contribution in [0.4, 0.5) is 0 Å². The zero-order chi connectivity index (χ0) is 12.4. The second-order valence-corrected chi connectivity index (χ2v) is 5.04. The maximum Gasteiger partial charge on any atom is 0.0756 e. The Morgan fingerprint density at radius 2 is 2.29 bits per heavy atom. The number of hydrogen-bond acceptors (Lipinski definition) is 3. The molecule has 2 unspecified atom stereocenters. The van der Waals surface area contributed by atoms with E-state index in [1.807, 2.05) is 32.8 Å². The molecule has 1 saturated carbocycles. The van der Waals surface area contributed by atoms with Crippen molar-refractivity contribution < 1.29 is 4.74 Å². The van der Waals surface area contributed by atoms with Crippen molar-refractivity contribution in [2.45, 2.75) is 38.3 Å². The normalized spacial score (nSPS) is 19.3. The molecule has 1 heterocycles. The zero-order valence-corrected chi connectivity index (χ0v) is 11.2. The van der Waals surface area contributed by atoms with Gasteiger partial charge in [0.2, 0.25) is 0 Å². The summed E-state index contributed by atoms with van der Waals surface area (Å²) in [6, 6.07) is 2.53. The topological polar surface area (TPSA) is 39.1 Å². The molecule has 1 aliphatic rings. The van der Waals surface area contributed by atoms with Gasteiger partial charge in [-0.3, -0.25) is 4.68 Å². The first-order valence-electron chi connectivity index (χ1n) is 6.35. The Morgan fingerprint density at radius 3 is 2.71 bits per heavy atom. The highest BCUT2D eigenvalue weighted by Crippen LogP contribution is 2.36. The molecule has 1 aromatic heterocycles. The largest absolute Gasteiger partial charge is 0.380 e. The highest BCUT2D eigenvalue weighted by Gasteiger charge is 2.36. The Hall–Kier alpha value is -0.870. The molecule has 1 aromatic rings. The zero-order valence-electron chi connectivity index (χ0n) is 11.2. The maximum atomic E-state index is 5.65. The van der Waals surface area contributed by atoms with E-state index in [9.17, 15) is 0 Å². The van der Waals surface area contributed by atoms with Gasteiger partial charge in [0.1, 0.15) is 0 Å². The van der Waals surface area contributed by atoms with E-state index in [-0.39, 0.29) is 0 Å². The van der Waals surface area contributed by atoms with Crippen LogP contribution in [0.5, 0.6) is 0 Å². The van der Waals surface area contributed by atoms with Crippen molar-refractivity contribution in [2.75, 3.05) is 14.2 Å². The quantitative estimate of drug-likeness (QED) is 0.810. The third-order valence-corrected chi connectivity index (χ3v) is 3.65. The van der Waals surface area contributed by atoms with Gasteiger partial charge in [-0.05, 0) is 38.8 Å². The van der Waals surface area contributed by atoms with Crippen molar-refractivity contribution in [1.82, 2.24) is 15.1 Å². The number of aromatic nitrogens is 2. The van der Waals surface area contributed by atoms with Crippen LogP contribution in [0.15, 0.2) is 6.07 Å². The summed E-state index contributed by atoms with van der Waals surface area (Å²) in [5.74, 6) is 0.742. The molecule has 2 rings (SSSR count). The molecule has 0 bridgehead atoms. The number of methoxy groups -OCH3 is 1. The fourth-order valence-corrected chi connectivity index (χ4v) is 2.57. The van der Waals surface area contributed by atoms with Crippen molar-refractivity contribution in [3.63, 3.8) is 0 Å². The van der Waals surface area contributed by atoms with Gasteiger partial charge in [0.25, 0.3) is 0 Å². The van der Waals surface area contributed by atoms with Gasteiger partial charge in [0, 0.05) is 32.3 Å². The highest BCUT2D eigenvalue weighted by molar-refractivity contribution is 5.11. The molecule has 0 aliphatic heterocycles. The summed E-state index contributed by atoms with van der Waals surface area (Å²) in [6.07, 6.45) is 3.92. The first kappa shape index (κ1) is 12.6. The summed E-state index contributed by atoms with van der Waals surface area (Å²) < 4.78 is 7.63. The van der Waals surface area contributed by atoms with E-state index in [2.05, 4.69) is 16.5 Å². The number of nitrogens with zero attached hydrogens (tertiary/aromatic N) is 2. The van der Waals surface area contributed by atoms with Crippen LogP contribution in [0.2, 0.25) is 0 Å². The molecule has 4 nitrogen and oxygen atoms in total. The minimum atomic E-state index is 0.329. The maximum absolute atomic E-state index is 5.65. The molecule has 1 aliphatic carbocycles. The third-order valence-electron chi connectivity index (χ3n) is 3.65. The predicted molar refractivity (Wildman–Crippen MR) is 68.0 cm³/mol. The fraction of sp³-hybridized carbons (Fsp3) is 0.769. The first-order chi connectivity index (χ1) is 8.15. The Morgan fingerprint density at radius 1 is 1.59 bits per heavy atom. The number of hydrogen-bond donors (Lipinski definition) is 1. The smallest absolute Gasteiger partial charge is 0.0756 e. The average molecular weight is 237 g/mol. The number of rotatable bonds is 6. The van der Waals surface area contributed by atoms with Gasteiger partial charge >= 0.3 is 0 Å². The fourth-order valence-electron chi connectivity index (χ4n) is 2.57. The highest BCUT2D eigenvalue weighted by atomic mass is 16.5. The number of ether oxygens (including phenoxy) is 1. The van der Waals surface area contributed by atoms with Crippen LogP contribution in [0.25, 0.3) is 0 Å². The van der Waals surface area contributed by atoms with Crippen molar-refractivity contribution in [1.29, 1.82) is 0 Å². The van der Waals surface area contributed by atoms with Crippen molar-refractivity contribution in [2.24, 2.45) is 13.0 Å². The summed E-state index contributed by atoms with van der Waals surface area (Å²) in [7, 11) is 5.85. The minimum Gasteiger partial charge on any atom is -0.380 e. The first-order valence-corrected chi connectivity index (χ1v) is 6.35. The Kier molecular flexibility index (Phi) is 3.84. The van der Waals surface area contributed by atoms with E-state index in [1.54, 1.807) is 0 Å². The van der Waals surface area contributed by atoms with Gasteiger partial charge < -0.3 is 10.1 Å². The lowest BCUT2D eigenvalue weighted by Crippen LogP contribution is -2.42. The molecule has 1 N–H and O–H groups in total. The predicted octanol–water partition coefficient (Wildman–Crippen LogP) is 1.28. The number of nitrogens with one attached hydrogen (secondary N) is 1. The minimum absolute atomic E-state index is 0.329. The molecule has 0 amide bonds. The van der Waals surface area contributed by atoms with Gasteiger partial charge in [-0.2, -0.15) is 5.10 Å². The summed E-state index contributed by atoms with van der Waals surface area (Å²) in [4.78, 5) is 0. The third kappa shape index (κ3) is 2.87. The molecular weight excluding hydrogens is 214 g/mol. The molecule has 0 spiro atoms. The lowest BCUT2D eigenvalue weighted by molar-refractivity contribution is 0.0529. The average Bonchev–Trinajstić information content (AvgIpc) is 3.06. The SMILES string of the molecule is CNC(Cc1cc(C)nn1C)C(OC)C1CC1. The van der Waals surface area contributed by atoms with Gasteiger partial charge in [0.05, 0.1) is 11.8 Å². The lowest BCUT2D eigenvalue weighted by atomic mass is 10.0. The Balaban J connectivity index is 2.05. The molecule has 96 valence electrons. The summed E-state index contributed by atoms with van der Waals surface area (Å²) in [6.45, 7) is 2.03. The number of likely N-dealkylation sites (N-methyl/N-ethyl adjacent to an activating group) is 1. The van der Waals surface area contributed by atoms with E-state index in [4.69, 9.17) is 4.74 Å². The second kappa shape index (κ2) is 5.19. The molecule has 0 aromatic carbocycles. The van der Waals surface area contributed by atoms with E-state index >= 15 is 0 Å². The van der Waals surface area contributed by atoms with Crippen molar-refractivity contribution >= 4 is 0 Å². The molecular formula is C13H23N3O. The monoisotopic (exact) mass is 237 g/mol. The van der Waals surface area contributed by atoms with Crippen LogP contribution in [0.1, 0.15) is 24.2 Å².